The van der Waals surface area contributed by atoms with Gasteiger partial charge in [-0.05, 0) is 44.9 Å². The molecule has 0 saturated carbocycles. The van der Waals surface area contributed by atoms with E-state index in [1.807, 2.05) is 6.92 Å². The molecule has 1 aliphatic heterocycles. The van der Waals surface area contributed by atoms with Crippen LogP contribution in [0.15, 0.2) is 23.0 Å². The Labute approximate surface area is 173 Å². The summed E-state index contributed by atoms with van der Waals surface area (Å²) in [4.78, 5) is 54.3. The minimum Gasteiger partial charge on any atom is -0.469 e. The molecule has 1 fully saturated rings. The molecule has 0 bridgehead atoms. The lowest BCUT2D eigenvalue weighted by Gasteiger charge is -2.30. The number of benzene rings is 1. The van der Waals surface area contributed by atoms with Crippen molar-refractivity contribution in [3.05, 3.63) is 39.8 Å². The highest BCUT2D eigenvalue weighted by Crippen LogP contribution is 2.19. The van der Waals surface area contributed by atoms with Gasteiger partial charge >= 0.3 is 11.9 Å². The monoisotopic (exact) mass is 415 g/mol. The number of hydrogen-bond donors (Lipinski definition) is 0. The Balaban J connectivity index is 1.63. The first-order valence-corrected chi connectivity index (χ1v) is 9.89. The summed E-state index contributed by atoms with van der Waals surface area (Å²) in [5.74, 6) is -1.40. The molecule has 0 spiro atoms. The number of carbonyl (C=O) groups excluding carboxylic acids is 3. The standard InChI is InChI=1S/C21H25N3O6/c1-4-24-17-6-5-15(11-16(17)22-13(2)19(24)26)21(28)30-12-18(25)23-9-7-14(8-10-23)20(27)29-3/h5-6,11,14H,4,7-10,12H2,1-3H3. The van der Waals surface area contributed by atoms with Gasteiger partial charge in [0.2, 0.25) is 0 Å². The van der Waals surface area contributed by atoms with Crippen LogP contribution in [0.3, 0.4) is 0 Å². The zero-order valence-electron chi connectivity index (χ0n) is 17.3. The third-order valence-corrected chi connectivity index (χ3v) is 5.37. The zero-order chi connectivity index (χ0) is 21.8. The van der Waals surface area contributed by atoms with Gasteiger partial charge in [-0.25, -0.2) is 9.78 Å². The highest BCUT2D eigenvalue weighted by atomic mass is 16.5. The zero-order valence-corrected chi connectivity index (χ0v) is 17.3. The number of methoxy groups -OCH3 is 1. The third kappa shape index (κ3) is 4.34. The summed E-state index contributed by atoms with van der Waals surface area (Å²) in [5, 5.41) is 0. The molecule has 9 nitrogen and oxygen atoms in total. The number of carbonyl (C=O) groups is 3. The normalized spacial score (nSPS) is 14.6. The SMILES string of the molecule is CCn1c(=O)c(C)nc2cc(C(=O)OCC(=O)N3CCC(C(=O)OC)CC3)ccc21. The highest BCUT2D eigenvalue weighted by Gasteiger charge is 2.28. The lowest BCUT2D eigenvalue weighted by Crippen LogP contribution is -2.42. The van der Waals surface area contributed by atoms with E-state index in [2.05, 4.69) is 4.98 Å². The summed E-state index contributed by atoms with van der Waals surface area (Å²) in [7, 11) is 1.35. The number of aromatic nitrogens is 2. The molecule has 3 rings (SSSR count). The molecule has 1 aromatic heterocycles. The van der Waals surface area contributed by atoms with E-state index in [9.17, 15) is 19.2 Å². The van der Waals surface area contributed by atoms with Crippen LogP contribution >= 0.6 is 0 Å². The molecule has 160 valence electrons. The Hall–Kier alpha value is -3.23. The molecule has 0 atom stereocenters. The average molecular weight is 415 g/mol. The summed E-state index contributed by atoms with van der Waals surface area (Å²) in [5.41, 5.74) is 1.59. The second-order valence-corrected chi connectivity index (χ2v) is 7.20. The molecule has 0 aliphatic carbocycles. The lowest BCUT2D eigenvalue weighted by atomic mass is 9.97. The Morgan fingerprint density at radius 1 is 1.20 bits per heavy atom. The van der Waals surface area contributed by atoms with Gasteiger partial charge < -0.3 is 18.9 Å². The van der Waals surface area contributed by atoms with E-state index < -0.39 is 5.97 Å². The summed E-state index contributed by atoms with van der Waals surface area (Å²) in [6.45, 7) is 4.45. The number of amides is 1. The first kappa shape index (κ1) is 21.5. The number of aryl methyl sites for hydroxylation is 2. The first-order chi connectivity index (χ1) is 14.3. The molecular formula is C21H25N3O6. The van der Waals surface area contributed by atoms with Gasteiger partial charge in [-0.3, -0.25) is 14.4 Å². The first-order valence-electron chi connectivity index (χ1n) is 9.89. The van der Waals surface area contributed by atoms with Gasteiger partial charge in [0.25, 0.3) is 11.5 Å². The van der Waals surface area contributed by atoms with Crippen molar-refractivity contribution < 1.29 is 23.9 Å². The van der Waals surface area contributed by atoms with E-state index in [1.54, 1.807) is 34.6 Å². The van der Waals surface area contributed by atoms with Gasteiger partial charge in [-0.1, -0.05) is 0 Å². The van der Waals surface area contributed by atoms with Gasteiger partial charge in [0.1, 0.15) is 5.69 Å². The van der Waals surface area contributed by atoms with Crippen LogP contribution in [0, 0.1) is 12.8 Å². The summed E-state index contributed by atoms with van der Waals surface area (Å²) in [6.07, 6.45) is 1.06. The number of ether oxygens (including phenoxy) is 2. The van der Waals surface area contributed by atoms with Crippen molar-refractivity contribution in [2.24, 2.45) is 5.92 Å². The van der Waals surface area contributed by atoms with E-state index in [1.165, 1.54) is 7.11 Å². The minimum atomic E-state index is -0.636. The van der Waals surface area contributed by atoms with E-state index in [4.69, 9.17) is 9.47 Å². The van der Waals surface area contributed by atoms with Gasteiger partial charge in [-0.2, -0.15) is 0 Å². The van der Waals surface area contributed by atoms with E-state index in [-0.39, 0.29) is 35.5 Å². The van der Waals surface area contributed by atoms with Crippen LogP contribution < -0.4 is 5.56 Å². The van der Waals surface area contributed by atoms with Crippen LogP contribution in [0.4, 0.5) is 0 Å². The molecule has 0 N–H and O–H groups in total. The number of likely N-dealkylation sites (tertiary alicyclic amines) is 1. The van der Waals surface area contributed by atoms with Gasteiger partial charge in [-0.15, -0.1) is 0 Å². The summed E-state index contributed by atoms with van der Waals surface area (Å²) >= 11 is 0. The van der Waals surface area contributed by atoms with Crippen molar-refractivity contribution in [1.29, 1.82) is 0 Å². The molecule has 30 heavy (non-hydrogen) atoms. The Morgan fingerprint density at radius 2 is 1.90 bits per heavy atom. The van der Waals surface area contributed by atoms with Crippen LogP contribution in [0.1, 0.15) is 35.8 Å². The van der Waals surface area contributed by atoms with Crippen molar-refractivity contribution in [3.8, 4) is 0 Å². The van der Waals surface area contributed by atoms with Crippen molar-refractivity contribution >= 4 is 28.9 Å². The predicted molar refractivity (Wildman–Crippen MR) is 108 cm³/mol. The second-order valence-electron chi connectivity index (χ2n) is 7.20. The fraction of sp³-hybridized carbons (Fsp3) is 0.476. The number of rotatable bonds is 5. The maximum Gasteiger partial charge on any atom is 0.338 e. The van der Waals surface area contributed by atoms with Gasteiger partial charge in [0.15, 0.2) is 6.61 Å². The van der Waals surface area contributed by atoms with Crippen LogP contribution in [-0.2, 0) is 25.6 Å². The van der Waals surface area contributed by atoms with Crippen molar-refractivity contribution in [2.75, 3.05) is 26.8 Å². The largest absolute Gasteiger partial charge is 0.469 e. The quantitative estimate of drug-likeness (QED) is 0.677. The molecule has 9 heteroatoms. The molecule has 1 aromatic carbocycles. The maximum atomic E-state index is 12.4. The topological polar surface area (TPSA) is 108 Å². The predicted octanol–water partition coefficient (Wildman–Crippen LogP) is 1.29. The molecule has 0 radical (unpaired) electrons. The Bertz CT molecular complexity index is 1040. The number of fused-ring (bicyclic) bond motifs is 1. The number of hydrogen-bond acceptors (Lipinski definition) is 7. The molecule has 2 heterocycles. The minimum absolute atomic E-state index is 0.165. The molecule has 1 saturated heterocycles. The molecule has 0 unspecified atom stereocenters. The van der Waals surface area contributed by atoms with Gasteiger partial charge in [0, 0.05) is 19.6 Å². The van der Waals surface area contributed by atoms with E-state index in [0.717, 1.165) is 0 Å². The Morgan fingerprint density at radius 3 is 2.53 bits per heavy atom. The fourth-order valence-corrected chi connectivity index (χ4v) is 3.65. The molecular weight excluding hydrogens is 390 g/mol. The number of esters is 2. The smallest absolute Gasteiger partial charge is 0.338 e. The van der Waals surface area contributed by atoms with E-state index >= 15 is 0 Å². The Kier molecular flexibility index (Phi) is 6.49. The van der Waals surface area contributed by atoms with Crippen molar-refractivity contribution in [1.82, 2.24) is 14.5 Å². The van der Waals surface area contributed by atoms with Crippen molar-refractivity contribution in [3.63, 3.8) is 0 Å². The van der Waals surface area contributed by atoms with Crippen LogP contribution in [0.5, 0.6) is 0 Å². The van der Waals surface area contributed by atoms with Crippen LogP contribution in [0.25, 0.3) is 11.0 Å². The maximum absolute atomic E-state index is 12.4. The third-order valence-electron chi connectivity index (χ3n) is 5.37. The van der Waals surface area contributed by atoms with Crippen molar-refractivity contribution in [2.45, 2.75) is 33.2 Å². The molecule has 1 amide bonds. The van der Waals surface area contributed by atoms with Crippen LogP contribution in [0.2, 0.25) is 0 Å². The van der Waals surface area contributed by atoms with Gasteiger partial charge in [0.05, 0.1) is 29.6 Å². The van der Waals surface area contributed by atoms with Crippen LogP contribution in [-0.4, -0.2) is 59.1 Å². The fourth-order valence-electron chi connectivity index (χ4n) is 3.65. The summed E-state index contributed by atoms with van der Waals surface area (Å²) in [6, 6.07) is 4.77. The molecule has 2 aromatic rings. The lowest BCUT2D eigenvalue weighted by molar-refractivity contribution is -0.149. The van der Waals surface area contributed by atoms with E-state index in [0.29, 0.717) is 49.2 Å². The second kappa shape index (κ2) is 9.06. The highest BCUT2D eigenvalue weighted by molar-refractivity contribution is 5.94. The number of nitrogens with zero attached hydrogens (tertiary/aromatic N) is 3. The molecule has 1 aliphatic rings. The summed E-state index contributed by atoms with van der Waals surface area (Å²) < 4.78 is 11.5. The number of piperidine rings is 1. The average Bonchev–Trinajstić information content (AvgIpc) is 2.77.